The lowest BCUT2D eigenvalue weighted by atomic mass is 10.0. The molecule has 0 fully saturated rings. The maximum absolute atomic E-state index is 11.7. The summed E-state index contributed by atoms with van der Waals surface area (Å²) in [4.78, 5) is 22.5. The number of hydrogen-bond donors (Lipinski definition) is 3. The molecule has 1 aromatic heterocycles. The fraction of sp³-hybridized carbons (Fsp3) is 0.583. The summed E-state index contributed by atoms with van der Waals surface area (Å²) in [6.45, 7) is 6.69. The van der Waals surface area contributed by atoms with Crippen LogP contribution in [-0.4, -0.2) is 32.7 Å². The maximum Gasteiger partial charge on any atom is 0.328 e. The molecule has 1 aromatic rings. The molecular weight excluding hydrogens is 234 g/mol. The normalized spacial score (nSPS) is 11.3. The molecule has 0 unspecified atom stereocenters. The van der Waals surface area contributed by atoms with Crippen molar-refractivity contribution in [3.8, 4) is 0 Å². The lowest BCUT2D eigenvalue weighted by Crippen LogP contribution is -2.49. The van der Waals surface area contributed by atoms with Crippen molar-refractivity contribution in [3.05, 3.63) is 17.0 Å². The van der Waals surface area contributed by atoms with Crippen molar-refractivity contribution in [3.63, 3.8) is 0 Å². The van der Waals surface area contributed by atoms with Gasteiger partial charge >= 0.3 is 5.97 Å². The number of aromatic amines is 1. The van der Waals surface area contributed by atoms with Gasteiger partial charge in [0.25, 0.3) is 0 Å². The Hall–Kier alpha value is -1.85. The van der Waals surface area contributed by atoms with Crippen LogP contribution < -0.4 is 5.32 Å². The minimum Gasteiger partial charge on any atom is -0.480 e. The van der Waals surface area contributed by atoms with E-state index in [-0.39, 0.29) is 12.3 Å². The molecule has 0 aromatic carbocycles. The number of aryl methyl sites for hydroxylation is 2. The van der Waals surface area contributed by atoms with Crippen LogP contribution in [0.5, 0.6) is 0 Å². The molecule has 0 aliphatic rings. The first-order valence-corrected chi connectivity index (χ1v) is 5.79. The van der Waals surface area contributed by atoms with Gasteiger partial charge in [0, 0.05) is 12.1 Å². The molecule has 0 saturated carbocycles. The molecule has 0 atom stereocenters. The summed E-state index contributed by atoms with van der Waals surface area (Å²) in [6.07, 6.45) is 0.799. The third-order valence-corrected chi connectivity index (χ3v) is 2.87. The van der Waals surface area contributed by atoms with Gasteiger partial charge in [-0.05, 0) is 39.7 Å². The smallest absolute Gasteiger partial charge is 0.328 e. The molecule has 0 saturated heterocycles. The van der Waals surface area contributed by atoms with Crippen LogP contribution >= 0.6 is 0 Å². The van der Waals surface area contributed by atoms with Gasteiger partial charge in [-0.25, -0.2) is 4.79 Å². The number of rotatable bonds is 5. The molecule has 1 heterocycles. The number of amides is 1. The number of carboxylic acids is 1. The fourth-order valence-corrected chi connectivity index (χ4v) is 1.65. The standard InChI is InChI=1S/C12H19N3O3/c1-7-9(8(2)15-14-7)5-6-10(16)13-12(3,4)11(17)18/h5-6H2,1-4H3,(H,13,16)(H,14,15)(H,17,18). The van der Waals surface area contributed by atoms with Crippen LogP contribution in [0, 0.1) is 13.8 Å². The number of nitrogens with zero attached hydrogens (tertiary/aromatic N) is 1. The van der Waals surface area contributed by atoms with Gasteiger partial charge in [0.1, 0.15) is 5.54 Å². The van der Waals surface area contributed by atoms with Crippen LogP contribution in [-0.2, 0) is 16.0 Å². The van der Waals surface area contributed by atoms with Gasteiger partial charge in [-0.3, -0.25) is 9.89 Å². The van der Waals surface area contributed by atoms with Crippen LogP contribution in [0.1, 0.15) is 37.2 Å². The Bertz CT molecular complexity index is 444. The van der Waals surface area contributed by atoms with Crippen molar-refractivity contribution in [2.24, 2.45) is 0 Å². The number of carbonyl (C=O) groups excluding carboxylic acids is 1. The van der Waals surface area contributed by atoms with Crippen LogP contribution in [0.3, 0.4) is 0 Å². The predicted octanol–water partition coefficient (Wildman–Crippen LogP) is 0.939. The van der Waals surface area contributed by atoms with E-state index in [9.17, 15) is 9.59 Å². The number of aliphatic carboxylic acids is 1. The van der Waals surface area contributed by atoms with Gasteiger partial charge in [-0.2, -0.15) is 5.10 Å². The molecule has 100 valence electrons. The highest BCUT2D eigenvalue weighted by molar-refractivity contribution is 5.86. The van der Waals surface area contributed by atoms with E-state index in [4.69, 9.17) is 5.11 Å². The van der Waals surface area contributed by atoms with Crippen molar-refractivity contribution in [1.82, 2.24) is 15.5 Å². The van der Waals surface area contributed by atoms with E-state index in [1.54, 1.807) is 0 Å². The zero-order valence-electron chi connectivity index (χ0n) is 11.1. The van der Waals surface area contributed by atoms with E-state index in [0.717, 1.165) is 17.0 Å². The lowest BCUT2D eigenvalue weighted by Gasteiger charge is -2.20. The second-order valence-electron chi connectivity index (χ2n) is 4.89. The lowest BCUT2D eigenvalue weighted by molar-refractivity contribution is -0.146. The van der Waals surface area contributed by atoms with Crippen LogP contribution in [0.25, 0.3) is 0 Å². The number of carboxylic acid groups (broad SMARTS) is 1. The monoisotopic (exact) mass is 253 g/mol. The first-order valence-electron chi connectivity index (χ1n) is 5.79. The van der Waals surface area contributed by atoms with E-state index in [0.29, 0.717) is 6.42 Å². The van der Waals surface area contributed by atoms with E-state index < -0.39 is 11.5 Å². The molecule has 0 radical (unpaired) electrons. The van der Waals surface area contributed by atoms with E-state index in [2.05, 4.69) is 15.5 Å². The van der Waals surface area contributed by atoms with Gasteiger partial charge in [-0.15, -0.1) is 0 Å². The maximum atomic E-state index is 11.7. The second kappa shape index (κ2) is 5.20. The summed E-state index contributed by atoms with van der Waals surface area (Å²) in [7, 11) is 0. The number of aromatic nitrogens is 2. The van der Waals surface area contributed by atoms with Crippen molar-refractivity contribution in [2.45, 2.75) is 46.1 Å². The van der Waals surface area contributed by atoms with Crippen LogP contribution in [0.4, 0.5) is 0 Å². The average Bonchev–Trinajstić information content (AvgIpc) is 2.55. The molecule has 0 aliphatic heterocycles. The largest absolute Gasteiger partial charge is 0.480 e. The van der Waals surface area contributed by atoms with Gasteiger partial charge in [-0.1, -0.05) is 0 Å². The third kappa shape index (κ3) is 3.32. The minimum absolute atomic E-state index is 0.248. The Morgan fingerprint density at radius 1 is 1.39 bits per heavy atom. The molecule has 3 N–H and O–H groups in total. The molecule has 6 nitrogen and oxygen atoms in total. The van der Waals surface area contributed by atoms with Crippen molar-refractivity contribution in [2.75, 3.05) is 0 Å². The zero-order valence-corrected chi connectivity index (χ0v) is 11.1. The van der Waals surface area contributed by atoms with Crippen molar-refractivity contribution in [1.29, 1.82) is 0 Å². The summed E-state index contributed by atoms with van der Waals surface area (Å²) in [6, 6.07) is 0. The van der Waals surface area contributed by atoms with E-state index >= 15 is 0 Å². The Morgan fingerprint density at radius 3 is 2.44 bits per heavy atom. The van der Waals surface area contributed by atoms with Crippen molar-refractivity contribution >= 4 is 11.9 Å². The topological polar surface area (TPSA) is 95.1 Å². The minimum atomic E-state index is -1.24. The molecule has 0 aliphatic carbocycles. The molecule has 1 rings (SSSR count). The van der Waals surface area contributed by atoms with Gasteiger partial charge < -0.3 is 10.4 Å². The van der Waals surface area contributed by atoms with Crippen molar-refractivity contribution < 1.29 is 14.7 Å². The summed E-state index contributed by atoms with van der Waals surface area (Å²) in [5.74, 6) is -1.33. The molecular formula is C12H19N3O3. The van der Waals surface area contributed by atoms with E-state index in [1.165, 1.54) is 13.8 Å². The molecule has 0 bridgehead atoms. The highest BCUT2D eigenvalue weighted by Gasteiger charge is 2.28. The summed E-state index contributed by atoms with van der Waals surface area (Å²) in [5.41, 5.74) is 1.59. The first kappa shape index (κ1) is 14.2. The van der Waals surface area contributed by atoms with Crippen LogP contribution in [0.15, 0.2) is 0 Å². The average molecular weight is 253 g/mol. The third-order valence-electron chi connectivity index (χ3n) is 2.87. The number of H-pyrrole nitrogens is 1. The fourth-order valence-electron chi connectivity index (χ4n) is 1.65. The number of hydrogen-bond acceptors (Lipinski definition) is 3. The van der Waals surface area contributed by atoms with Gasteiger partial charge in [0.2, 0.25) is 5.91 Å². The number of nitrogens with one attached hydrogen (secondary N) is 2. The van der Waals surface area contributed by atoms with Gasteiger partial charge in [0.05, 0.1) is 5.69 Å². The predicted molar refractivity (Wildman–Crippen MR) is 66.2 cm³/mol. The quantitative estimate of drug-likeness (QED) is 0.727. The summed E-state index contributed by atoms with van der Waals surface area (Å²) < 4.78 is 0. The molecule has 1 amide bonds. The molecule has 18 heavy (non-hydrogen) atoms. The SMILES string of the molecule is Cc1n[nH]c(C)c1CCC(=O)NC(C)(C)C(=O)O. The Labute approximate surface area is 106 Å². The van der Waals surface area contributed by atoms with E-state index in [1.807, 2.05) is 13.8 Å². The van der Waals surface area contributed by atoms with Crippen LogP contribution in [0.2, 0.25) is 0 Å². The summed E-state index contributed by atoms with van der Waals surface area (Å²) in [5, 5.41) is 18.3. The Kier molecular flexibility index (Phi) is 4.11. The Balaban J connectivity index is 2.55. The molecule has 6 heteroatoms. The zero-order chi connectivity index (χ0) is 13.9. The number of carbonyl (C=O) groups is 2. The summed E-state index contributed by atoms with van der Waals surface area (Å²) >= 11 is 0. The highest BCUT2D eigenvalue weighted by atomic mass is 16.4. The second-order valence-corrected chi connectivity index (χ2v) is 4.89. The molecule has 0 spiro atoms. The Morgan fingerprint density at radius 2 is 2.00 bits per heavy atom. The first-order chi connectivity index (χ1) is 8.24. The highest BCUT2D eigenvalue weighted by Crippen LogP contribution is 2.12. The van der Waals surface area contributed by atoms with Gasteiger partial charge in [0.15, 0.2) is 0 Å².